The second-order valence-corrected chi connectivity index (χ2v) is 9.07. The van der Waals surface area contributed by atoms with Gasteiger partial charge in [0.2, 0.25) is 5.91 Å². The highest BCUT2D eigenvalue weighted by Crippen LogP contribution is 2.38. The highest BCUT2D eigenvalue weighted by molar-refractivity contribution is 8.02. The lowest BCUT2D eigenvalue weighted by atomic mass is 10.1. The van der Waals surface area contributed by atoms with Gasteiger partial charge in [0.05, 0.1) is 5.69 Å². The second kappa shape index (κ2) is 8.35. The van der Waals surface area contributed by atoms with Crippen LogP contribution in [0.25, 0.3) is 5.69 Å². The van der Waals surface area contributed by atoms with Crippen LogP contribution >= 0.6 is 46.9 Å². The first-order valence-electron chi connectivity index (χ1n) is 7.74. The summed E-state index contributed by atoms with van der Waals surface area (Å²) in [5, 5.41) is 4.89. The van der Waals surface area contributed by atoms with E-state index in [0.29, 0.717) is 8.98 Å². The molecular weight excluding hydrogens is 406 g/mol. The Morgan fingerprint density at radius 1 is 1.19 bits per heavy atom. The number of carbonyl (C=O) groups excluding carboxylic acids is 1. The minimum atomic E-state index is -0.370. The molecule has 0 radical (unpaired) electrons. The van der Waals surface area contributed by atoms with Gasteiger partial charge in [0.25, 0.3) is 0 Å². The second-order valence-electron chi connectivity index (χ2n) is 5.66. The smallest absolute Gasteiger partial charge is 0.240 e. The van der Waals surface area contributed by atoms with Gasteiger partial charge in [0, 0.05) is 19.1 Å². The first-order valence-corrected chi connectivity index (χ1v) is 10.2. The van der Waals surface area contributed by atoms with Gasteiger partial charge >= 0.3 is 0 Å². The van der Waals surface area contributed by atoms with E-state index in [9.17, 15) is 4.79 Å². The molecule has 0 N–H and O–H groups in total. The topological polar surface area (TPSA) is 38.1 Å². The van der Waals surface area contributed by atoms with E-state index in [1.165, 1.54) is 23.1 Å². The molecule has 0 aliphatic carbocycles. The van der Waals surface area contributed by atoms with Crippen molar-refractivity contribution < 1.29 is 4.79 Å². The quantitative estimate of drug-likeness (QED) is 0.417. The van der Waals surface area contributed by atoms with Crippen LogP contribution in [-0.2, 0) is 4.79 Å². The Balaban J connectivity index is 1.93. The Labute approximate surface area is 170 Å². The molecule has 1 amide bonds. The van der Waals surface area contributed by atoms with Gasteiger partial charge in [-0.05, 0) is 42.0 Å². The van der Waals surface area contributed by atoms with E-state index in [1.807, 2.05) is 42.5 Å². The van der Waals surface area contributed by atoms with E-state index in [1.54, 1.807) is 35.8 Å². The van der Waals surface area contributed by atoms with Crippen LogP contribution < -0.4 is 0 Å². The number of nitrogens with zero attached hydrogens (tertiary/aromatic N) is 3. The molecule has 26 heavy (non-hydrogen) atoms. The van der Waals surface area contributed by atoms with Crippen molar-refractivity contribution in [3.63, 3.8) is 0 Å². The van der Waals surface area contributed by atoms with Crippen molar-refractivity contribution in [2.75, 3.05) is 14.1 Å². The number of likely N-dealkylation sites (N-methyl/N-ethyl adjacent to an activating group) is 1. The van der Waals surface area contributed by atoms with Crippen LogP contribution in [0, 0.1) is 3.95 Å². The fourth-order valence-corrected chi connectivity index (χ4v) is 5.10. The lowest BCUT2D eigenvalue weighted by Crippen LogP contribution is -2.26. The monoisotopic (exact) mass is 421 g/mol. The molecule has 0 spiro atoms. The van der Waals surface area contributed by atoms with E-state index < -0.39 is 0 Å². The zero-order chi connectivity index (χ0) is 18.7. The number of carbonyl (C=O) groups is 1. The zero-order valence-electron chi connectivity index (χ0n) is 14.1. The molecule has 0 fully saturated rings. The summed E-state index contributed by atoms with van der Waals surface area (Å²) in [7, 11) is 3.51. The predicted molar refractivity (Wildman–Crippen MR) is 111 cm³/mol. The van der Waals surface area contributed by atoms with Gasteiger partial charge in [0.1, 0.15) is 5.25 Å². The molecule has 1 unspecified atom stereocenters. The molecule has 2 aromatic carbocycles. The Morgan fingerprint density at radius 3 is 2.46 bits per heavy atom. The maximum absolute atomic E-state index is 12.7. The number of aromatic nitrogens is 2. The number of halogens is 1. The fraction of sp³-hybridized carbons (Fsp3) is 0.167. The van der Waals surface area contributed by atoms with Gasteiger partial charge in [-0.25, -0.2) is 4.68 Å². The van der Waals surface area contributed by atoms with Crippen molar-refractivity contribution in [3.8, 4) is 5.69 Å². The van der Waals surface area contributed by atoms with Gasteiger partial charge < -0.3 is 4.90 Å². The minimum Gasteiger partial charge on any atom is -0.348 e. The predicted octanol–water partition coefficient (Wildman–Crippen LogP) is 5.24. The maximum atomic E-state index is 12.7. The summed E-state index contributed by atoms with van der Waals surface area (Å²) in [4.78, 5) is 14.3. The summed E-state index contributed by atoms with van der Waals surface area (Å²) in [6.07, 6.45) is 0. The number of thioether (sulfide) groups is 1. The lowest BCUT2D eigenvalue weighted by molar-refractivity contribution is -0.128. The number of rotatable bonds is 5. The van der Waals surface area contributed by atoms with Crippen molar-refractivity contribution in [3.05, 3.63) is 69.1 Å². The van der Waals surface area contributed by atoms with E-state index in [2.05, 4.69) is 5.10 Å². The summed E-state index contributed by atoms with van der Waals surface area (Å²) < 4.78 is 3.06. The van der Waals surface area contributed by atoms with Gasteiger partial charge in [0.15, 0.2) is 8.29 Å². The number of amides is 1. The fourth-order valence-electron chi connectivity index (χ4n) is 2.28. The minimum absolute atomic E-state index is 0.0142. The molecule has 1 atom stereocenters. The Morgan fingerprint density at radius 2 is 1.85 bits per heavy atom. The lowest BCUT2D eigenvalue weighted by Gasteiger charge is -2.19. The molecular formula is C18H16ClN3OS3. The van der Waals surface area contributed by atoms with Crippen LogP contribution in [0.1, 0.15) is 10.8 Å². The number of hydrogen-bond donors (Lipinski definition) is 0. The molecule has 0 saturated carbocycles. The molecule has 3 rings (SSSR count). The molecule has 3 aromatic rings. The number of hydrogen-bond acceptors (Lipinski definition) is 5. The van der Waals surface area contributed by atoms with E-state index >= 15 is 0 Å². The third kappa shape index (κ3) is 4.35. The van der Waals surface area contributed by atoms with E-state index in [-0.39, 0.29) is 11.2 Å². The van der Waals surface area contributed by atoms with E-state index in [4.69, 9.17) is 23.8 Å². The summed E-state index contributed by atoms with van der Waals surface area (Å²) in [5.41, 5.74) is 1.79. The molecule has 0 bridgehead atoms. The molecule has 0 aliphatic rings. The van der Waals surface area contributed by atoms with Crippen molar-refractivity contribution >= 4 is 52.8 Å². The van der Waals surface area contributed by atoms with Crippen LogP contribution in [0.15, 0.2) is 58.9 Å². The van der Waals surface area contributed by atoms with Crippen molar-refractivity contribution in [2.24, 2.45) is 0 Å². The first kappa shape index (κ1) is 19.1. The molecule has 0 saturated heterocycles. The molecule has 8 heteroatoms. The summed E-state index contributed by atoms with van der Waals surface area (Å²) in [6, 6.07) is 17.0. The molecule has 134 valence electrons. The Hall–Kier alpha value is -1.67. The molecule has 1 aromatic heterocycles. The van der Waals surface area contributed by atoms with Gasteiger partial charge in [-0.2, -0.15) is 0 Å². The van der Waals surface area contributed by atoms with Crippen molar-refractivity contribution in [1.29, 1.82) is 0 Å². The van der Waals surface area contributed by atoms with Gasteiger partial charge in [-0.3, -0.25) is 4.79 Å². The number of benzene rings is 2. The maximum Gasteiger partial charge on any atom is 0.240 e. The Bertz CT molecular complexity index is 952. The SMILES string of the molecule is CN(C)C(=O)C(Sc1nn(-c2ccc(Cl)cc2)c(=S)s1)c1ccccc1. The molecule has 4 nitrogen and oxygen atoms in total. The first-order chi connectivity index (χ1) is 12.5. The van der Waals surface area contributed by atoms with Crippen LogP contribution in [0.2, 0.25) is 5.02 Å². The van der Waals surface area contributed by atoms with Crippen molar-refractivity contribution in [1.82, 2.24) is 14.7 Å². The summed E-state index contributed by atoms with van der Waals surface area (Å²) >= 11 is 14.2. The summed E-state index contributed by atoms with van der Waals surface area (Å²) in [5.74, 6) is 0.0142. The molecule has 0 aliphatic heterocycles. The normalized spacial score (nSPS) is 12.0. The average molecular weight is 422 g/mol. The largest absolute Gasteiger partial charge is 0.348 e. The van der Waals surface area contributed by atoms with Crippen LogP contribution in [0.3, 0.4) is 0 Å². The van der Waals surface area contributed by atoms with Gasteiger partial charge in [-0.15, -0.1) is 5.10 Å². The third-order valence-electron chi connectivity index (χ3n) is 3.59. The van der Waals surface area contributed by atoms with Gasteiger partial charge in [-0.1, -0.05) is 65.0 Å². The highest BCUT2D eigenvalue weighted by atomic mass is 35.5. The van der Waals surface area contributed by atoms with Crippen LogP contribution in [0.5, 0.6) is 0 Å². The zero-order valence-corrected chi connectivity index (χ0v) is 17.3. The van der Waals surface area contributed by atoms with Crippen molar-refractivity contribution in [2.45, 2.75) is 9.59 Å². The van der Waals surface area contributed by atoms with E-state index in [0.717, 1.165) is 15.6 Å². The Kier molecular flexibility index (Phi) is 6.13. The molecule has 1 heterocycles. The van der Waals surface area contributed by atoms with Crippen LogP contribution in [0.4, 0.5) is 0 Å². The summed E-state index contributed by atoms with van der Waals surface area (Å²) in [6.45, 7) is 0. The average Bonchev–Trinajstić information content (AvgIpc) is 3.01. The third-order valence-corrected chi connectivity index (χ3v) is 6.40. The highest BCUT2D eigenvalue weighted by Gasteiger charge is 2.25. The standard InChI is InChI=1S/C18H16ClN3OS3/c1-21(2)16(23)15(12-6-4-3-5-7-12)25-17-20-22(18(24)26-17)14-10-8-13(19)9-11-14/h3-11,15H,1-2H3. The van der Waals surface area contributed by atoms with Crippen LogP contribution in [-0.4, -0.2) is 34.7 Å².